The van der Waals surface area contributed by atoms with Crippen LogP contribution in [0.15, 0.2) is 42.6 Å². The van der Waals surface area contributed by atoms with Gasteiger partial charge in [0.05, 0.1) is 47.9 Å². The van der Waals surface area contributed by atoms with Crippen LogP contribution in [-0.4, -0.2) is 83.7 Å². The summed E-state index contributed by atoms with van der Waals surface area (Å²) in [7, 11) is -3.93. The van der Waals surface area contributed by atoms with Crippen LogP contribution in [0.4, 0.5) is 13.2 Å². The Balaban J connectivity index is 1.35. The van der Waals surface area contributed by atoms with Crippen molar-refractivity contribution in [3.8, 4) is 11.6 Å². The van der Waals surface area contributed by atoms with Crippen LogP contribution in [0.25, 0.3) is 10.8 Å². The summed E-state index contributed by atoms with van der Waals surface area (Å²) in [6, 6.07) is 6.15. The van der Waals surface area contributed by atoms with E-state index in [1.807, 2.05) is 51.1 Å². The summed E-state index contributed by atoms with van der Waals surface area (Å²) in [5.41, 5.74) is -4.17. The van der Waals surface area contributed by atoms with Gasteiger partial charge in [-0.3, -0.25) is 23.9 Å². The van der Waals surface area contributed by atoms with Gasteiger partial charge >= 0.3 is 12.1 Å². The number of ether oxygens (including phenoxy) is 3. The number of ketones is 1. The van der Waals surface area contributed by atoms with Crippen LogP contribution in [0.2, 0.25) is 0 Å². The average molecular weight is 834 g/mol. The second kappa shape index (κ2) is 16.4. The van der Waals surface area contributed by atoms with Crippen molar-refractivity contribution in [3.05, 3.63) is 42.6 Å². The van der Waals surface area contributed by atoms with E-state index in [0.29, 0.717) is 43.2 Å². The Morgan fingerprint density at radius 1 is 1.05 bits per heavy atom. The Hall–Kier alpha value is -4.21. The minimum Gasteiger partial charge on any atom is -0.489 e. The van der Waals surface area contributed by atoms with Crippen LogP contribution in [-0.2, 0) is 33.9 Å². The van der Waals surface area contributed by atoms with Crippen molar-refractivity contribution in [3.63, 3.8) is 0 Å². The predicted octanol–water partition coefficient (Wildman–Crippen LogP) is 6.85. The molecule has 2 aromatic rings. The fourth-order valence-corrected chi connectivity index (χ4v) is 9.68. The molecule has 3 heterocycles. The summed E-state index contributed by atoms with van der Waals surface area (Å²) in [6.07, 6.45) is 1.29. The average Bonchev–Trinajstić information content (AvgIpc) is 4.05. The minimum absolute atomic E-state index is 0.0211. The molecule has 2 saturated carbocycles. The van der Waals surface area contributed by atoms with E-state index < -0.39 is 92.4 Å². The van der Waals surface area contributed by atoms with Crippen LogP contribution < -0.4 is 14.2 Å². The molecule has 3 fully saturated rings. The number of Topliss-reactive ketones (excluding diaryl/α,β-unsaturated/α-hetero) is 1. The van der Waals surface area contributed by atoms with Gasteiger partial charge in [0.15, 0.2) is 5.78 Å². The number of carbonyl (C=O) groups is 4. The monoisotopic (exact) mass is 833 g/mol. The summed E-state index contributed by atoms with van der Waals surface area (Å²) < 4.78 is 86.7. The SMILES string of the molecule is CC(C)Oc1cnc(O[C@@H]2C[C@H]3C(=O)C[C@]4(C(=O)NS(=O)(=O)C5CC5)C[C@H]4/C=C\CC[C@H](C)C[C@@H](C)[C@H](CC(=O)OC(C)(C)C(F)(F)F)C(=O)N3C2)c2ccccc12. The Labute approximate surface area is 337 Å². The molecule has 0 bridgehead atoms. The Morgan fingerprint density at radius 3 is 2.40 bits per heavy atom. The number of sulfonamides is 1. The molecule has 2 amide bonds. The van der Waals surface area contributed by atoms with E-state index in [1.165, 1.54) is 11.1 Å². The number of nitrogens with one attached hydrogen (secondary N) is 1. The van der Waals surface area contributed by atoms with Crippen molar-refractivity contribution in [2.75, 3.05) is 6.54 Å². The molecule has 2 aliphatic heterocycles. The zero-order valence-corrected chi connectivity index (χ0v) is 34.7. The first kappa shape index (κ1) is 43.4. The number of esters is 1. The lowest BCUT2D eigenvalue weighted by molar-refractivity contribution is -0.257. The van der Waals surface area contributed by atoms with Crippen LogP contribution in [0, 0.1) is 29.1 Å². The highest BCUT2D eigenvalue weighted by Gasteiger charge is 2.62. The summed E-state index contributed by atoms with van der Waals surface area (Å²) in [5.74, 6) is -4.38. The largest absolute Gasteiger partial charge is 0.489 e. The fraction of sp³-hybridized carbons (Fsp3) is 0.643. The molecule has 1 saturated heterocycles. The fourth-order valence-electron chi connectivity index (χ4n) is 8.29. The van der Waals surface area contributed by atoms with Gasteiger partial charge < -0.3 is 19.1 Å². The molecule has 0 unspecified atom stereocenters. The quantitative estimate of drug-likeness (QED) is 0.198. The Morgan fingerprint density at radius 2 is 1.74 bits per heavy atom. The van der Waals surface area contributed by atoms with Crippen molar-refractivity contribution in [2.24, 2.45) is 29.1 Å². The van der Waals surface area contributed by atoms with E-state index >= 15 is 0 Å². The van der Waals surface area contributed by atoms with E-state index in [0.717, 1.165) is 19.2 Å². The summed E-state index contributed by atoms with van der Waals surface area (Å²) in [6.45, 7) is 8.87. The minimum atomic E-state index is -4.86. The molecule has 16 heteroatoms. The Bertz CT molecular complexity index is 2050. The number of carbonyl (C=O) groups excluding carboxylic acids is 4. The first-order valence-corrected chi connectivity index (χ1v) is 21.7. The van der Waals surface area contributed by atoms with Crippen molar-refractivity contribution < 1.29 is 55.0 Å². The maximum Gasteiger partial charge on any atom is 0.427 e. The van der Waals surface area contributed by atoms with Crippen LogP contribution >= 0.6 is 0 Å². The molecule has 0 spiro atoms. The first-order chi connectivity index (χ1) is 27.1. The van der Waals surface area contributed by atoms with E-state index in [4.69, 9.17) is 14.2 Å². The van der Waals surface area contributed by atoms with Gasteiger partial charge in [-0.1, -0.05) is 44.2 Å². The molecule has 1 aromatic heterocycles. The predicted molar refractivity (Wildman–Crippen MR) is 208 cm³/mol. The number of allylic oxidation sites excluding steroid dienone is 2. The van der Waals surface area contributed by atoms with E-state index in [9.17, 15) is 40.8 Å². The number of hydrogen-bond acceptors (Lipinski definition) is 10. The molecular weight excluding hydrogens is 780 g/mol. The maximum absolute atomic E-state index is 14.8. The number of pyridine rings is 1. The van der Waals surface area contributed by atoms with E-state index in [-0.39, 0.29) is 43.7 Å². The third-order valence-corrected chi connectivity index (χ3v) is 13.8. The zero-order valence-electron chi connectivity index (χ0n) is 33.8. The Kier molecular flexibility index (Phi) is 12.3. The number of aromatic nitrogens is 1. The molecule has 12 nitrogen and oxygen atoms in total. The summed E-state index contributed by atoms with van der Waals surface area (Å²) in [5, 5.41) is 0.689. The molecule has 2 aliphatic carbocycles. The molecule has 7 atom stereocenters. The van der Waals surface area contributed by atoms with E-state index in [2.05, 4.69) is 9.71 Å². The normalized spacial score (nSPS) is 29.2. The number of fused-ring (bicyclic) bond motifs is 3. The molecule has 1 aromatic carbocycles. The van der Waals surface area contributed by atoms with Gasteiger partial charge in [-0.2, -0.15) is 13.2 Å². The molecule has 1 N–H and O–H groups in total. The molecular formula is C42H54F3N3O9S. The lowest BCUT2D eigenvalue weighted by Crippen LogP contribution is -2.48. The van der Waals surface area contributed by atoms with Crippen molar-refractivity contribution in [1.82, 2.24) is 14.6 Å². The summed E-state index contributed by atoms with van der Waals surface area (Å²) >= 11 is 0. The van der Waals surface area contributed by atoms with Gasteiger partial charge in [0, 0.05) is 23.6 Å². The van der Waals surface area contributed by atoms with Gasteiger partial charge in [-0.05, 0) is 90.0 Å². The number of nitrogens with zero attached hydrogens (tertiary/aromatic N) is 2. The lowest BCUT2D eigenvalue weighted by atomic mass is 9.82. The smallest absolute Gasteiger partial charge is 0.427 e. The maximum atomic E-state index is 14.8. The van der Waals surface area contributed by atoms with Crippen molar-refractivity contribution in [1.29, 1.82) is 0 Å². The van der Waals surface area contributed by atoms with Gasteiger partial charge in [-0.15, -0.1) is 0 Å². The lowest BCUT2D eigenvalue weighted by Gasteiger charge is -2.33. The first-order valence-electron chi connectivity index (χ1n) is 20.2. The highest BCUT2D eigenvalue weighted by atomic mass is 32.2. The van der Waals surface area contributed by atoms with Crippen LogP contribution in [0.5, 0.6) is 11.6 Å². The third kappa shape index (κ3) is 9.47. The van der Waals surface area contributed by atoms with Gasteiger partial charge in [0.1, 0.15) is 11.9 Å². The molecule has 0 radical (unpaired) electrons. The number of halogens is 3. The second-order valence-electron chi connectivity index (χ2n) is 17.5. The second-order valence-corrected chi connectivity index (χ2v) is 19.5. The standard InChI is InChI=1S/C42H54F3N3O9S/c1-24(2)55-35-22-46-37(31-14-10-9-13-30(31)35)56-28-18-33-34(49)21-41(39(52)47-58(53,54)29-15-16-29)20-27(41)12-8-7-11-25(3)17-26(4)32(38(51)48(33)23-28)19-36(50)57-40(5,6)42(43,44)45/h8-10,12-14,22,24-29,32-33H,7,11,15-21,23H2,1-6H3,(H,47,52)/b12-8-/t25-,26+,27+,28+,32-,33-,41+/m0/s1. The number of hydrogen-bond donors (Lipinski definition) is 1. The highest BCUT2D eigenvalue weighted by Crippen LogP contribution is 2.57. The molecule has 4 aliphatic rings. The number of rotatable bonds is 10. The number of amides is 2. The number of benzene rings is 1. The van der Waals surface area contributed by atoms with Crippen molar-refractivity contribution in [2.45, 2.75) is 135 Å². The zero-order chi connectivity index (χ0) is 42.4. The van der Waals surface area contributed by atoms with Gasteiger partial charge in [0.25, 0.3) is 0 Å². The third-order valence-electron chi connectivity index (χ3n) is 12.0. The van der Waals surface area contributed by atoms with Crippen LogP contribution in [0.1, 0.15) is 99.3 Å². The van der Waals surface area contributed by atoms with Crippen LogP contribution in [0.3, 0.4) is 0 Å². The topological polar surface area (TPSA) is 158 Å². The molecule has 318 valence electrons. The van der Waals surface area contributed by atoms with E-state index in [1.54, 1.807) is 13.0 Å². The van der Waals surface area contributed by atoms with Gasteiger partial charge in [-0.25, -0.2) is 13.4 Å². The molecule has 6 rings (SSSR count). The molecule has 58 heavy (non-hydrogen) atoms. The van der Waals surface area contributed by atoms with Gasteiger partial charge in [0.2, 0.25) is 33.3 Å². The van der Waals surface area contributed by atoms with Crippen molar-refractivity contribution >= 4 is 44.4 Å². The summed E-state index contributed by atoms with van der Waals surface area (Å²) in [4.78, 5) is 62.4. The number of alkyl halides is 3. The highest BCUT2D eigenvalue weighted by molar-refractivity contribution is 7.90.